The number of likely N-dealkylation sites (tertiary alicyclic amines) is 1. The second-order valence-corrected chi connectivity index (χ2v) is 6.99. The van der Waals surface area contributed by atoms with Crippen LogP contribution in [0.25, 0.3) is 0 Å². The molecule has 1 fully saturated rings. The number of aliphatic imine (C=N–C) groups is 1. The molecular formula is C20H29FIN5O2. The van der Waals surface area contributed by atoms with Gasteiger partial charge in [0.1, 0.15) is 24.3 Å². The third-order valence-electron chi connectivity index (χ3n) is 4.73. The minimum absolute atomic E-state index is 0. The Labute approximate surface area is 188 Å². The summed E-state index contributed by atoms with van der Waals surface area (Å²) < 4.78 is 20.2. The lowest BCUT2D eigenvalue weighted by Crippen LogP contribution is -2.40. The van der Waals surface area contributed by atoms with Crippen LogP contribution in [-0.2, 0) is 7.05 Å². The number of halogens is 2. The smallest absolute Gasteiger partial charge is 0.194 e. The van der Waals surface area contributed by atoms with Gasteiger partial charge in [-0.15, -0.1) is 24.0 Å². The number of hydrogen-bond donors (Lipinski definition) is 2. The van der Waals surface area contributed by atoms with Crippen molar-refractivity contribution >= 4 is 29.9 Å². The minimum atomic E-state index is -0.740. The van der Waals surface area contributed by atoms with Gasteiger partial charge in [0, 0.05) is 38.8 Å². The van der Waals surface area contributed by atoms with Gasteiger partial charge in [-0.05, 0) is 43.2 Å². The summed E-state index contributed by atoms with van der Waals surface area (Å²) in [7, 11) is 1.93. The molecule has 2 unspecified atom stereocenters. The Balaban J connectivity index is 0.00000300. The van der Waals surface area contributed by atoms with Crippen LogP contribution in [0.15, 0.2) is 41.7 Å². The van der Waals surface area contributed by atoms with E-state index in [9.17, 15) is 9.50 Å². The molecule has 0 aliphatic carbocycles. The van der Waals surface area contributed by atoms with Crippen molar-refractivity contribution in [2.24, 2.45) is 12.0 Å². The lowest BCUT2D eigenvalue weighted by atomic mass is 10.0. The Morgan fingerprint density at radius 1 is 1.41 bits per heavy atom. The number of hydrogen-bond acceptors (Lipinski definition) is 4. The number of nitrogens with one attached hydrogen (secondary N) is 1. The predicted molar refractivity (Wildman–Crippen MR) is 121 cm³/mol. The van der Waals surface area contributed by atoms with E-state index >= 15 is 0 Å². The molecule has 0 spiro atoms. The predicted octanol–water partition coefficient (Wildman–Crippen LogP) is 2.37. The van der Waals surface area contributed by atoms with Gasteiger partial charge in [-0.3, -0.25) is 9.67 Å². The van der Waals surface area contributed by atoms with Crippen molar-refractivity contribution < 1.29 is 14.2 Å². The Bertz CT molecular complexity index is 783. The van der Waals surface area contributed by atoms with Crippen molar-refractivity contribution in [1.82, 2.24) is 20.0 Å². The fraction of sp³-hybridized carbons (Fsp3) is 0.500. The van der Waals surface area contributed by atoms with Gasteiger partial charge in [0.2, 0.25) is 0 Å². The monoisotopic (exact) mass is 517 g/mol. The maximum absolute atomic E-state index is 12.9. The quantitative estimate of drug-likeness (QED) is 0.335. The summed E-state index contributed by atoms with van der Waals surface area (Å²) >= 11 is 0. The zero-order valence-corrected chi connectivity index (χ0v) is 19.1. The van der Waals surface area contributed by atoms with E-state index in [0.29, 0.717) is 11.7 Å². The highest BCUT2D eigenvalue weighted by Crippen LogP contribution is 2.26. The second kappa shape index (κ2) is 11.3. The highest BCUT2D eigenvalue weighted by atomic mass is 127. The summed E-state index contributed by atoms with van der Waals surface area (Å²) in [6.45, 7) is 4.91. The lowest BCUT2D eigenvalue weighted by Gasteiger charge is -2.22. The summed E-state index contributed by atoms with van der Waals surface area (Å²) in [4.78, 5) is 6.79. The molecule has 160 valence electrons. The van der Waals surface area contributed by atoms with E-state index in [-0.39, 0.29) is 42.9 Å². The van der Waals surface area contributed by atoms with Crippen LogP contribution in [0.2, 0.25) is 0 Å². The van der Waals surface area contributed by atoms with Crippen molar-refractivity contribution in [2.45, 2.75) is 25.4 Å². The van der Waals surface area contributed by atoms with Gasteiger partial charge in [-0.2, -0.15) is 5.10 Å². The fourth-order valence-corrected chi connectivity index (χ4v) is 3.27. The van der Waals surface area contributed by atoms with Gasteiger partial charge < -0.3 is 20.1 Å². The molecule has 2 N–H and O–H groups in total. The summed E-state index contributed by atoms with van der Waals surface area (Å²) in [6.07, 6.45) is 4.30. The topological polar surface area (TPSA) is 74.9 Å². The van der Waals surface area contributed by atoms with Crippen molar-refractivity contribution in [1.29, 1.82) is 0 Å². The van der Waals surface area contributed by atoms with Crippen LogP contribution in [0.4, 0.5) is 4.39 Å². The molecule has 1 aromatic carbocycles. The first-order valence-electron chi connectivity index (χ1n) is 9.63. The van der Waals surface area contributed by atoms with E-state index in [4.69, 9.17) is 4.74 Å². The molecular weight excluding hydrogens is 488 g/mol. The van der Waals surface area contributed by atoms with E-state index in [1.807, 2.05) is 24.9 Å². The Morgan fingerprint density at radius 3 is 2.83 bits per heavy atom. The van der Waals surface area contributed by atoms with Crippen LogP contribution in [-0.4, -0.2) is 64.6 Å². The Kier molecular flexibility index (Phi) is 9.15. The van der Waals surface area contributed by atoms with Crippen molar-refractivity contribution in [3.63, 3.8) is 0 Å². The molecule has 0 amide bonds. The number of aliphatic hydroxyl groups excluding tert-OH is 1. The van der Waals surface area contributed by atoms with E-state index in [1.165, 1.54) is 29.8 Å². The third-order valence-corrected chi connectivity index (χ3v) is 4.73. The van der Waals surface area contributed by atoms with Gasteiger partial charge in [-0.1, -0.05) is 0 Å². The first-order valence-corrected chi connectivity index (χ1v) is 9.63. The minimum Gasteiger partial charge on any atom is -0.491 e. The number of benzene rings is 1. The molecule has 0 radical (unpaired) electrons. The van der Waals surface area contributed by atoms with Crippen LogP contribution in [0.1, 0.15) is 24.8 Å². The van der Waals surface area contributed by atoms with E-state index in [2.05, 4.69) is 26.5 Å². The van der Waals surface area contributed by atoms with Gasteiger partial charge >= 0.3 is 0 Å². The zero-order valence-electron chi connectivity index (χ0n) is 16.8. The SMILES string of the molecule is CCNC(=NCC(O)COc1ccc(F)cc1)N1CCC(c2cnn(C)c2)C1.I. The van der Waals surface area contributed by atoms with Crippen LogP contribution in [0.5, 0.6) is 5.75 Å². The van der Waals surface area contributed by atoms with Crippen LogP contribution < -0.4 is 10.1 Å². The largest absolute Gasteiger partial charge is 0.491 e. The fourth-order valence-electron chi connectivity index (χ4n) is 3.27. The average Bonchev–Trinajstić information content (AvgIpc) is 3.33. The van der Waals surface area contributed by atoms with Crippen LogP contribution in [0, 0.1) is 5.82 Å². The summed E-state index contributed by atoms with van der Waals surface area (Å²) in [5.41, 5.74) is 1.24. The van der Waals surface area contributed by atoms with Crippen molar-refractivity contribution in [3.8, 4) is 5.75 Å². The maximum atomic E-state index is 12.9. The zero-order chi connectivity index (χ0) is 19.9. The summed E-state index contributed by atoms with van der Waals surface area (Å²) in [6, 6.07) is 5.74. The van der Waals surface area contributed by atoms with Gasteiger partial charge in [0.05, 0.1) is 12.7 Å². The Hall–Kier alpha value is -1.88. The van der Waals surface area contributed by atoms with E-state index < -0.39 is 6.10 Å². The van der Waals surface area contributed by atoms with E-state index in [1.54, 1.807) is 0 Å². The highest BCUT2D eigenvalue weighted by Gasteiger charge is 2.27. The molecule has 3 rings (SSSR count). The number of nitrogens with zero attached hydrogens (tertiary/aromatic N) is 4. The normalized spacial score (nSPS) is 17.7. The maximum Gasteiger partial charge on any atom is 0.194 e. The van der Waals surface area contributed by atoms with Crippen molar-refractivity contribution in [3.05, 3.63) is 48.0 Å². The highest BCUT2D eigenvalue weighted by molar-refractivity contribution is 14.0. The molecule has 9 heteroatoms. The number of aryl methyl sites for hydroxylation is 1. The lowest BCUT2D eigenvalue weighted by molar-refractivity contribution is 0.114. The summed E-state index contributed by atoms with van der Waals surface area (Å²) in [5, 5.41) is 17.8. The number of ether oxygens (including phenoxy) is 1. The molecule has 2 aromatic rings. The molecule has 2 atom stereocenters. The average molecular weight is 517 g/mol. The Morgan fingerprint density at radius 2 is 2.17 bits per heavy atom. The molecule has 1 saturated heterocycles. The van der Waals surface area contributed by atoms with Crippen LogP contribution >= 0.6 is 24.0 Å². The molecule has 1 aliphatic heterocycles. The number of aromatic nitrogens is 2. The molecule has 7 nitrogen and oxygen atoms in total. The molecule has 0 bridgehead atoms. The molecule has 0 saturated carbocycles. The standard InChI is InChI=1S/C20H28FN5O2.HI/c1-3-22-20(26-9-8-15(13-26)16-10-24-25(2)12-16)23-11-18(27)14-28-19-6-4-17(21)5-7-19;/h4-7,10,12,15,18,27H,3,8-9,11,13-14H2,1-2H3,(H,22,23);1H. The van der Waals surface area contributed by atoms with E-state index in [0.717, 1.165) is 32.0 Å². The van der Waals surface area contributed by atoms with Gasteiger partial charge in [-0.25, -0.2) is 4.39 Å². The number of rotatable bonds is 7. The molecule has 1 aromatic heterocycles. The van der Waals surface area contributed by atoms with Crippen LogP contribution in [0.3, 0.4) is 0 Å². The number of aliphatic hydroxyl groups is 1. The van der Waals surface area contributed by atoms with Gasteiger partial charge in [0.15, 0.2) is 5.96 Å². The first-order chi connectivity index (χ1) is 13.5. The van der Waals surface area contributed by atoms with Crippen molar-refractivity contribution in [2.75, 3.05) is 32.8 Å². The number of guanidine groups is 1. The third kappa shape index (κ3) is 6.84. The van der Waals surface area contributed by atoms with Gasteiger partial charge in [0.25, 0.3) is 0 Å². The summed E-state index contributed by atoms with van der Waals surface area (Å²) in [5.74, 6) is 1.44. The molecule has 2 heterocycles. The first kappa shape index (κ1) is 23.4. The molecule has 1 aliphatic rings. The second-order valence-electron chi connectivity index (χ2n) is 6.99. The molecule has 29 heavy (non-hydrogen) atoms.